The Balaban J connectivity index is 1.81. The van der Waals surface area contributed by atoms with Crippen LogP contribution in [0.4, 0.5) is 0 Å². The molecule has 0 aliphatic carbocycles. The normalized spacial score (nSPS) is 13.2. The highest BCUT2D eigenvalue weighted by Crippen LogP contribution is 2.27. The average Bonchev–Trinajstić information content (AvgIpc) is 3.24. The second-order valence-electron chi connectivity index (χ2n) is 7.65. The highest BCUT2D eigenvalue weighted by Gasteiger charge is 2.21. The van der Waals surface area contributed by atoms with Crippen molar-refractivity contribution in [1.29, 1.82) is 0 Å². The van der Waals surface area contributed by atoms with E-state index < -0.39 is 0 Å². The first-order valence-electron chi connectivity index (χ1n) is 10.4. The average molecular weight is 460 g/mol. The number of aromatic nitrogens is 1. The Morgan fingerprint density at radius 1 is 1.10 bits per heavy atom. The van der Waals surface area contributed by atoms with E-state index in [1.54, 1.807) is 6.07 Å². The number of carbonyl (C=O) groups is 1. The minimum atomic E-state index is -0.225. The molecule has 3 aromatic rings. The maximum absolute atomic E-state index is 12.4. The van der Waals surface area contributed by atoms with Crippen molar-refractivity contribution in [3.05, 3.63) is 87.6 Å². The van der Waals surface area contributed by atoms with Crippen molar-refractivity contribution in [2.75, 3.05) is 0 Å². The summed E-state index contributed by atoms with van der Waals surface area (Å²) < 4.78 is 5.64. The fourth-order valence-corrected chi connectivity index (χ4v) is 3.53. The van der Waals surface area contributed by atoms with Gasteiger partial charge < -0.3 is 9.73 Å². The Morgan fingerprint density at radius 2 is 1.84 bits per heavy atom. The van der Waals surface area contributed by atoms with Gasteiger partial charge in [-0.1, -0.05) is 66.5 Å². The fourth-order valence-electron chi connectivity index (χ4n) is 3.21. The molecule has 0 bridgehead atoms. The zero-order valence-corrected chi connectivity index (χ0v) is 19.5. The van der Waals surface area contributed by atoms with Crippen LogP contribution in [0.15, 0.2) is 59.2 Å². The van der Waals surface area contributed by atoms with Crippen molar-refractivity contribution in [2.45, 2.75) is 52.4 Å². The fraction of sp³-hybridized carbons (Fsp3) is 0.333. The third kappa shape index (κ3) is 6.33. The van der Waals surface area contributed by atoms with Crippen LogP contribution in [-0.2, 0) is 13.1 Å². The molecular formula is C24H27Cl2N3O2. The van der Waals surface area contributed by atoms with Crippen LogP contribution >= 0.6 is 23.2 Å². The van der Waals surface area contributed by atoms with Gasteiger partial charge in [-0.15, -0.1) is 0 Å². The Labute approximate surface area is 193 Å². The molecule has 0 spiro atoms. The quantitative estimate of drug-likeness (QED) is 0.409. The number of hydrogen-bond donors (Lipinski definition) is 1. The zero-order chi connectivity index (χ0) is 22.4. The van der Waals surface area contributed by atoms with Gasteiger partial charge >= 0.3 is 0 Å². The lowest BCUT2D eigenvalue weighted by molar-refractivity contribution is 0.0934. The van der Waals surface area contributed by atoms with Crippen LogP contribution in [0.25, 0.3) is 0 Å². The Morgan fingerprint density at radius 3 is 2.52 bits per heavy atom. The number of carbonyl (C=O) groups excluding carboxylic acids is 1. The number of halogens is 2. The Hall–Kier alpha value is -2.34. The smallest absolute Gasteiger partial charge is 0.273 e. The summed E-state index contributed by atoms with van der Waals surface area (Å²) in [6.07, 6.45) is 2.26. The number of hydrogen-bond acceptors (Lipinski definition) is 4. The van der Waals surface area contributed by atoms with E-state index in [4.69, 9.17) is 27.6 Å². The summed E-state index contributed by atoms with van der Waals surface area (Å²) in [4.78, 5) is 19.0. The predicted octanol–water partition coefficient (Wildman–Crippen LogP) is 6.27. The summed E-state index contributed by atoms with van der Waals surface area (Å²) >= 11 is 12.3. The topological polar surface area (TPSA) is 58.4 Å². The van der Waals surface area contributed by atoms with Gasteiger partial charge in [0.15, 0.2) is 5.69 Å². The number of oxazole rings is 1. The van der Waals surface area contributed by atoms with Crippen LogP contribution in [0.1, 0.15) is 60.7 Å². The van der Waals surface area contributed by atoms with Crippen molar-refractivity contribution < 1.29 is 9.21 Å². The number of benzene rings is 2. The second-order valence-corrected chi connectivity index (χ2v) is 8.46. The molecule has 3 rings (SSSR count). The van der Waals surface area contributed by atoms with Crippen LogP contribution in [-0.4, -0.2) is 21.8 Å². The summed E-state index contributed by atoms with van der Waals surface area (Å²) in [7, 11) is 0. The minimum absolute atomic E-state index is 0.0805. The molecule has 2 aromatic carbocycles. The van der Waals surface area contributed by atoms with Crippen molar-refractivity contribution >= 4 is 29.1 Å². The first-order valence-corrected chi connectivity index (χ1v) is 11.1. The van der Waals surface area contributed by atoms with Gasteiger partial charge in [-0.2, -0.15) is 0 Å². The second kappa shape index (κ2) is 10.8. The molecule has 0 fully saturated rings. The van der Waals surface area contributed by atoms with Gasteiger partial charge in [-0.3, -0.25) is 9.69 Å². The summed E-state index contributed by atoms with van der Waals surface area (Å²) in [6.45, 7) is 7.16. The maximum Gasteiger partial charge on any atom is 0.273 e. The number of nitrogens with one attached hydrogen (secondary N) is 1. The standard InChI is InChI=1S/C24H27Cl2N3O2/c1-4-16(2)27-24(30)22-15-31-23(28-22)14-29(17(3)19-8-6-5-7-9-19)13-18-10-11-20(25)21(26)12-18/h5-12,15-17H,4,13-14H2,1-3H3,(H,27,30). The largest absolute Gasteiger partial charge is 0.447 e. The van der Waals surface area contributed by atoms with Gasteiger partial charge in [0.05, 0.1) is 16.6 Å². The molecular weight excluding hydrogens is 433 g/mol. The summed E-state index contributed by atoms with van der Waals surface area (Å²) in [5, 5.41) is 3.96. The molecule has 1 amide bonds. The van der Waals surface area contributed by atoms with Gasteiger partial charge in [-0.25, -0.2) is 4.98 Å². The van der Waals surface area contributed by atoms with Crippen LogP contribution in [0.5, 0.6) is 0 Å². The van der Waals surface area contributed by atoms with Crippen LogP contribution < -0.4 is 5.32 Å². The summed E-state index contributed by atoms with van der Waals surface area (Å²) in [5.41, 5.74) is 2.49. The predicted molar refractivity (Wildman–Crippen MR) is 124 cm³/mol. The highest BCUT2D eigenvalue weighted by molar-refractivity contribution is 6.42. The van der Waals surface area contributed by atoms with Gasteiger partial charge in [-0.05, 0) is 43.5 Å². The van der Waals surface area contributed by atoms with E-state index >= 15 is 0 Å². The molecule has 1 N–H and O–H groups in total. The molecule has 0 saturated heterocycles. The van der Waals surface area contributed by atoms with E-state index in [0.29, 0.717) is 29.0 Å². The van der Waals surface area contributed by atoms with Gasteiger partial charge in [0, 0.05) is 18.6 Å². The van der Waals surface area contributed by atoms with E-state index in [-0.39, 0.29) is 23.7 Å². The molecule has 164 valence electrons. The van der Waals surface area contributed by atoms with Gasteiger partial charge in [0.1, 0.15) is 6.26 Å². The first-order chi connectivity index (χ1) is 14.9. The summed E-state index contributed by atoms with van der Waals surface area (Å²) in [5.74, 6) is 0.258. The first kappa shape index (κ1) is 23.3. The SMILES string of the molecule is CCC(C)NC(=O)c1coc(CN(Cc2ccc(Cl)c(Cl)c2)C(C)c2ccccc2)n1. The lowest BCUT2D eigenvalue weighted by Crippen LogP contribution is -2.32. The van der Waals surface area contributed by atoms with Crippen LogP contribution in [0, 0.1) is 0 Å². The third-order valence-corrected chi connectivity index (χ3v) is 6.05. The third-order valence-electron chi connectivity index (χ3n) is 5.31. The number of rotatable bonds is 9. The number of nitrogens with zero attached hydrogens (tertiary/aromatic N) is 2. The van der Waals surface area contributed by atoms with Crippen LogP contribution in [0.3, 0.4) is 0 Å². The molecule has 0 aliphatic rings. The Bertz CT molecular complexity index is 1010. The molecule has 2 unspecified atom stereocenters. The van der Waals surface area contributed by atoms with Crippen LogP contribution in [0.2, 0.25) is 10.0 Å². The molecule has 0 aliphatic heterocycles. The van der Waals surface area contributed by atoms with Crippen molar-refractivity contribution in [1.82, 2.24) is 15.2 Å². The zero-order valence-electron chi connectivity index (χ0n) is 17.9. The van der Waals surface area contributed by atoms with E-state index in [1.165, 1.54) is 11.8 Å². The highest BCUT2D eigenvalue weighted by atomic mass is 35.5. The molecule has 7 heteroatoms. The molecule has 1 heterocycles. The van der Waals surface area contributed by atoms with Crippen molar-refractivity contribution in [2.24, 2.45) is 0 Å². The van der Waals surface area contributed by atoms with E-state index in [0.717, 1.165) is 12.0 Å². The monoisotopic (exact) mass is 459 g/mol. The van der Waals surface area contributed by atoms with E-state index in [2.05, 4.69) is 34.3 Å². The lowest BCUT2D eigenvalue weighted by atomic mass is 10.1. The van der Waals surface area contributed by atoms with Gasteiger partial charge in [0.25, 0.3) is 5.91 Å². The lowest BCUT2D eigenvalue weighted by Gasteiger charge is -2.28. The molecule has 0 radical (unpaired) electrons. The molecule has 0 saturated carbocycles. The summed E-state index contributed by atoms with van der Waals surface area (Å²) in [6, 6.07) is 16.0. The molecule has 2 atom stereocenters. The number of amides is 1. The molecule has 1 aromatic heterocycles. The van der Waals surface area contributed by atoms with Crippen molar-refractivity contribution in [3.63, 3.8) is 0 Å². The molecule has 31 heavy (non-hydrogen) atoms. The minimum Gasteiger partial charge on any atom is -0.447 e. The van der Waals surface area contributed by atoms with Gasteiger partial charge in [0.2, 0.25) is 5.89 Å². The van der Waals surface area contributed by atoms with E-state index in [1.807, 2.05) is 44.2 Å². The van der Waals surface area contributed by atoms with E-state index in [9.17, 15) is 4.79 Å². The van der Waals surface area contributed by atoms with Crippen molar-refractivity contribution in [3.8, 4) is 0 Å². The maximum atomic E-state index is 12.4. The Kier molecular flexibility index (Phi) is 8.13. The molecule has 5 nitrogen and oxygen atoms in total.